The fraction of sp³-hybridized carbons (Fsp3) is 0.364. The number of phenolic OH excluding ortho intramolecular Hbond substituents is 1. The van der Waals surface area contributed by atoms with Gasteiger partial charge in [-0.3, -0.25) is 9.59 Å². The molecule has 3 rings (SSSR count). The molecule has 142 valence electrons. The smallest absolute Gasteiger partial charge is 0.255 e. The third kappa shape index (κ3) is 5.09. The lowest BCUT2D eigenvalue weighted by Gasteiger charge is -2.32. The van der Waals surface area contributed by atoms with E-state index in [0.717, 1.165) is 19.3 Å². The minimum atomic E-state index is -0.266. The first-order valence-electron chi connectivity index (χ1n) is 9.45. The zero-order valence-corrected chi connectivity index (χ0v) is 15.6. The van der Waals surface area contributed by atoms with Crippen molar-refractivity contribution in [2.75, 3.05) is 13.1 Å². The first-order valence-corrected chi connectivity index (χ1v) is 9.45. The van der Waals surface area contributed by atoms with Crippen LogP contribution in [0.5, 0.6) is 5.75 Å². The molecule has 1 heterocycles. The Hall–Kier alpha value is -2.82. The predicted molar refractivity (Wildman–Crippen MR) is 105 cm³/mol. The largest absolute Gasteiger partial charge is 0.507 e. The van der Waals surface area contributed by atoms with Crippen molar-refractivity contribution in [2.45, 2.75) is 38.6 Å². The number of nitrogens with one attached hydrogen (secondary N) is 1. The van der Waals surface area contributed by atoms with Gasteiger partial charge in [-0.2, -0.15) is 0 Å². The summed E-state index contributed by atoms with van der Waals surface area (Å²) in [5.74, 6) is -0.114. The molecule has 0 aliphatic carbocycles. The summed E-state index contributed by atoms with van der Waals surface area (Å²) in [5.41, 5.74) is 2.69. The van der Waals surface area contributed by atoms with Crippen LogP contribution in [0, 0.1) is 6.92 Å². The Morgan fingerprint density at radius 3 is 2.41 bits per heavy atom. The highest BCUT2D eigenvalue weighted by Crippen LogP contribution is 2.18. The van der Waals surface area contributed by atoms with Gasteiger partial charge in [-0.1, -0.05) is 42.0 Å². The number of phenols is 1. The number of carbonyl (C=O) groups is 2. The quantitative estimate of drug-likeness (QED) is 0.854. The maximum Gasteiger partial charge on any atom is 0.255 e. The van der Waals surface area contributed by atoms with Crippen LogP contribution in [-0.4, -0.2) is 41.0 Å². The highest BCUT2D eigenvalue weighted by molar-refractivity contribution is 5.96. The van der Waals surface area contributed by atoms with E-state index in [1.54, 1.807) is 18.2 Å². The number of aryl methyl sites for hydroxylation is 2. The molecular weight excluding hydrogens is 340 g/mol. The summed E-state index contributed by atoms with van der Waals surface area (Å²) in [5, 5.41) is 12.7. The average Bonchev–Trinajstić information content (AvgIpc) is 2.68. The molecule has 1 aliphatic heterocycles. The summed E-state index contributed by atoms with van der Waals surface area (Å²) >= 11 is 0. The summed E-state index contributed by atoms with van der Waals surface area (Å²) in [6.07, 6.45) is 2.73. The number of hydrogen-bond acceptors (Lipinski definition) is 3. The molecule has 2 N–H and O–H groups in total. The van der Waals surface area contributed by atoms with E-state index < -0.39 is 0 Å². The average molecular weight is 366 g/mol. The molecule has 5 heteroatoms. The van der Waals surface area contributed by atoms with Gasteiger partial charge in [0, 0.05) is 25.6 Å². The van der Waals surface area contributed by atoms with Crippen LogP contribution in [-0.2, 0) is 11.2 Å². The van der Waals surface area contributed by atoms with Crippen molar-refractivity contribution in [3.63, 3.8) is 0 Å². The van der Waals surface area contributed by atoms with Crippen molar-refractivity contribution < 1.29 is 14.7 Å². The first-order chi connectivity index (χ1) is 13.0. The molecule has 1 saturated heterocycles. The van der Waals surface area contributed by atoms with Crippen molar-refractivity contribution in [3.8, 4) is 5.75 Å². The van der Waals surface area contributed by atoms with Crippen LogP contribution < -0.4 is 5.32 Å². The van der Waals surface area contributed by atoms with Crippen molar-refractivity contribution >= 4 is 11.8 Å². The van der Waals surface area contributed by atoms with Crippen LogP contribution in [0.15, 0.2) is 48.5 Å². The second-order valence-electron chi connectivity index (χ2n) is 7.13. The number of nitrogens with zero attached hydrogens (tertiary/aromatic N) is 1. The van der Waals surface area contributed by atoms with Gasteiger partial charge in [0.25, 0.3) is 5.91 Å². The molecule has 2 amide bonds. The number of likely N-dealkylation sites (tertiary alicyclic amines) is 1. The van der Waals surface area contributed by atoms with Crippen molar-refractivity contribution in [1.29, 1.82) is 0 Å². The number of aromatic hydroxyl groups is 1. The van der Waals surface area contributed by atoms with E-state index in [9.17, 15) is 14.7 Å². The molecule has 0 radical (unpaired) electrons. The maximum atomic E-state index is 12.4. The van der Waals surface area contributed by atoms with Crippen molar-refractivity contribution in [1.82, 2.24) is 10.2 Å². The molecular formula is C22H26N2O3. The van der Waals surface area contributed by atoms with E-state index >= 15 is 0 Å². The second-order valence-corrected chi connectivity index (χ2v) is 7.13. The number of piperidine rings is 1. The van der Waals surface area contributed by atoms with Gasteiger partial charge < -0.3 is 15.3 Å². The van der Waals surface area contributed by atoms with Crippen LogP contribution in [0.4, 0.5) is 0 Å². The van der Waals surface area contributed by atoms with Gasteiger partial charge in [-0.15, -0.1) is 0 Å². The molecule has 27 heavy (non-hydrogen) atoms. The number of hydrogen-bond donors (Lipinski definition) is 2. The molecule has 0 spiro atoms. The molecule has 0 atom stereocenters. The Labute approximate surface area is 160 Å². The summed E-state index contributed by atoms with van der Waals surface area (Å²) in [6.45, 7) is 3.36. The van der Waals surface area contributed by atoms with Gasteiger partial charge in [0.1, 0.15) is 5.75 Å². The minimum absolute atomic E-state index is 0.0151. The van der Waals surface area contributed by atoms with E-state index in [2.05, 4.69) is 36.5 Å². The van der Waals surface area contributed by atoms with Gasteiger partial charge in [0.15, 0.2) is 0 Å². The fourth-order valence-electron chi connectivity index (χ4n) is 3.37. The lowest BCUT2D eigenvalue weighted by Crippen LogP contribution is -2.46. The standard InChI is InChI=1S/C22H26N2O3/c1-16-6-8-17(9-7-16)10-11-21(26)24-14-12-18(13-15-24)23-22(27)19-4-2-3-5-20(19)25/h2-9,18,25H,10-15H2,1H3,(H,23,27). The monoisotopic (exact) mass is 366 g/mol. The number of para-hydroxylation sites is 1. The number of benzene rings is 2. The van der Waals surface area contributed by atoms with E-state index in [0.29, 0.717) is 19.5 Å². The predicted octanol–water partition coefficient (Wildman–Crippen LogP) is 3.05. The Kier molecular flexibility index (Phi) is 6.12. The minimum Gasteiger partial charge on any atom is -0.507 e. The number of rotatable bonds is 5. The summed E-state index contributed by atoms with van der Waals surface area (Å²) in [6, 6.07) is 14.8. The number of carbonyl (C=O) groups excluding carboxylic acids is 2. The molecule has 0 bridgehead atoms. The molecule has 2 aromatic rings. The topological polar surface area (TPSA) is 69.6 Å². The molecule has 1 fully saturated rings. The fourth-order valence-corrected chi connectivity index (χ4v) is 3.37. The lowest BCUT2D eigenvalue weighted by atomic mass is 10.0. The third-order valence-corrected chi connectivity index (χ3v) is 5.08. The first kappa shape index (κ1) is 19.0. The second kappa shape index (κ2) is 8.71. The van der Waals surface area contributed by atoms with Crippen molar-refractivity contribution in [2.24, 2.45) is 0 Å². The molecule has 5 nitrogen and oxygen atoms in total. The van der Waals surface area contributed by atoms with Gasteiger partial charge in [0.2, 0.25) is 5.91 Å². The molecule has 0 aromatic heterocycles. The van der Waals surface area contributed by atoms with Crippen LogP contribution in [0.3, 0.4) is 0 Å². The Bertz CT molecular complexity index is 793. The third-order valence-electron chi connectivity index (χ3n) is 5.08. The van der Waals surface area contributed by atoms with Gasteiger partial charge in [-0.25, -0.2) is 0 Å². The van der Waals surface area contributed by atoms with Gasteiger partial charge in [-0.05, 0) is 43.9 Å². The van der Waals surface area contributed by atoms with E-state index in [4.69, 9.17) is 0 Å². The zero-order valence-electron chi connectivity index (χ0n) is 15.6. The van der Waals surface area contributed by atoms with Gasteiger partial charge in [0.05, 0.1) is 5.56 Å². The molecule has 0 unspecified atom stereocenters. The molecule has 2 aromatic carbocycles. The highest BCUT2D eigenvalue weighted by Gasteiger charge is 2.24. The molecule has 0 saturated carbocycles. The van der Waals surface area contributed by atoms with E-state index in [1.807, 2.05) is 4.90 Å². The maximum absolute atomic E-state index is 12.4. The number of amides is 2. The van der Waals surface area contributed by atoms with E-state index in [1.165, 1.54) is 17.2 Å². The Balaban J connectivity index is 1.44. The normalized spacial score (nSPS) is 14.8. The summed E-state index contributed by atoms with van der Waals surface area (Å²) < 4.78 is 0. The zero-order chi connectivity index (χ0) is 19.2. The lowest BCUT2D eigenvalue weighted by molar-refractivity contribution is -0.132. The summed E-state index contributed by atoms with van der Waals surface area (Å²) in [7, 11) is 0. The summed E-state index contributed by atoms with van der Waals surface area (Å²) in [4.78, 5) is 26.6. The Morgan fingerprint density at radius 2 is 1.74 bits per heavy atom. The van der Waals surface area contributed by atoms with Crippen molar-refractivity contribution in [3.05, 3.63) is 65.2 Å². The SMILES string of the molecule is Cc1ccc(CCC(=O)N2CCC(NC(=O)c3ccccc3O)CC2)cc1. The van der Waals surface area contributed by atoms with Crippen LogP contribution in [0.25, 0.3) is 0 Å². The van der Waals surface area contributed by atoms with E-state index in [-0.39, 0.29) is 29.2 Å². The van der Waals surface area contributed by atoms with Crippen LogP contribution >= 0.6 is 0 Å². The molecule has 1 aliphatic rings. The van der Waals surface area contributed by atoms with Gasteiger partial charge >= 0.3 is 0 Å². The highest BCUT2D eigenvalue weighted by atomic mass is 16.3. The Morgan fingerprint density at radius 1 is 1.07 bits per heavy atom. The van der Waals surface area contributed by atoms with Crippen LogP contribution in [0.2, 0.25) is 0 Å². The van der Waals surface area contributed by atoms with Crippen LogP contribution in [0.1, 0.15) is 40.7 Å².